The van der Waals surface area contributed by atoms with Crippen molar-refractivity contribution >= 4 is 12.1 Å². The number of benzene rings is 1. The minimum Gasteiger partial charge on any atom is -0.357 e. The molecule has 2 heterocycles. The smallest absolute Gasteiger partial charge is 0.357 e. The molecule has 0 radical (unpaired) electrons. The fourth-order valence-corrected chi connectivity index (χ4v) is 2.83. The molecule has 0 fully saturated rings. The molecule has 2 N–H and O–H groups in total. The summed E-state index contributed by atoms with van der Waals surface area (Å²) in [4.78, 5) is 14.6. The quantitative estimate of drug-likeness (QED) is 0.522. The van der Waals surface area contributed by atoms with E-state index in [4.69, 9.17) is 0 Å². The first kappa shape index (κ1) is 18.5. The van der Waals surface area contributed by atoms with Crippen molar-refractivity contribution in [1.29, 1.82) is 0 Å². The monoisotopic (exact) mass is 374 g/mol. The Bertz CT molecular complexity index is 985. The average Bonchev–Trinajstić information content (AvgIpc) is 3.23. The molecule has 3 aromatic rings. The first-order valence-electron chi connectivity index (χ1n) is 8.11. The van der Waals surface area contributed by atoms with E-state index in [9.17, 15) is 18.0 Å². The van der Waals surface area contributed by atoms with Crippen LogP contribution in [0.3, 0.4) is 0 Å². The maximum absolute atomic E-state index is 13.0. The minimum absolute atomic E-state index is 0.376. The Morgan fingerprint density at radius 2 is 1.96 bits per heavy atom. The number of aromatic amines is 1. The van der Waals surface area contributed by atoms with Crippen LogP contribution in [0.5, 0.6) is 0 Å². The fraction of sp³-hybridized carbons (Fsp3) is 0.158. The highest BCUT2D eigenvalue weighted by Crippen LogP contribution is 2.31. The summed E-state index contributed by atoms with van der Waals surface area (Å²) >= 11 is 0. The molecule has 1 amide bonds. The number of carbonyl (C=O) groups excluding carboxylic acids is 1. The van der Waals surface area contributed by atoms with Gasteiger partial charge in [0.15, 0.2) is 0 Å². The van der Waals surface area contributed by atoms with Crippen LogP contribution in [0, 0.1) is 13.8 Å². The van der Waals surface area contributed by atoms with E-state index >= 15 is 0 Å². The highest BCUT2D eigenvalue weighted by Gasteiger charge is 2.30. The lowest BCUT2D eigenvalue weighted by molar-refractivity contribution is -0.137. The second-order valence-corrected chi connectivity index (χ2v) is 5.99. The van der Waals surface area contributed by atoms with E-state index < -0.39 is 11.7 Å². The van der Waals surface area contributed by atoms with Gasteiger partial charge in [-0.1, -0.05) is 6.07 Å². The van der Waals surface area contributed by atoms with Crippen LogP contribution in [0.25, 0.3) is 5.69 Å². The predicted molar refractivity (Wildman–Crippen MR) is 96.1 cm³/mol. The van der Waals surface area contributed by atoms with Gasteiger partial charge < -0.3 is 9.55 Å². The highest BCUT2D eigenvalue weighted by atomic mass is 19.4. The third-order valence-corrected chi connectivity index (χ3v) is 4.11. The molecule has 0 saturated heterocycles. The number of nitrogens with zero attached hydrogens (tertiary/aromatic N) is 2. The Labute approximate surface area is 153 Å². The number of alkyl halides is 3. The predicted octanol–water partition coefficient (Wildman–Crippen LogP) is 4.20. The van der Waals surface area contributed by atoms with Gasteiger partial charge in [-0.15, -0.1) is 0 Å². The molecule has 0 spiro atoms. The Morgan fingerprint density at radius 1 is 1.19 bits per heavy atom. The van der Waals surface area contributed by atoms with Crippen LogP contribution < -0.4 is 5.43 Å². The van der Waals surface area contributed by atoms with E-state index in [1.165, 1.54) is 12.3 Å². The standard InChI is InChI=1S/C19H17F3N4O/c1-12-9-14(11-24-25-18(27)17-7-4-8-23-17)13(2)26(12)16-6-3-5-15(10-16)19(20,21)22/h3-11,23H,1-2H3,(H,25,27)/b24-11-. The van der Waals surface area contributed by atoms with Crippen molar-refractivity contribution in [3.8, 4) is 5.69 Å². The normalized spacial score (nSPS) is 11.9. The number of H-pyrrole nitrogens is 1. The molecular weight excluding hydrogens is 357 g/mol. The van der Waals surface area contributed by atoms with Crippen molar-refractivity contribution in [2.24, 2.45) is 5.10 Å². The molecule has 0 aliphatic heterocycles. The summed E-state index contributed by atoms with van der Waals surface area (Å²) < 4.78 is 40.6. The molecule has 2 aromatic heterocycles. The third-order valence-electron chi connectivity index (χ3n) is 4.11. The van der Waals surface area contributed by atoms with Crippen molar-refractivity contribution in [2.45, 2.75) is 20.0 Å². The summed E-state index contributed by atoms with van der Waals surface area (Å²) in [6.07, 6.45) is -1.31. The van der Waals surface area contributed by atoms with Crippen molar-refractivity contribution in [2.75, 3.05) is 0 Å². The Kier molecular flexibility index (Phi) is 4.89. The van der Waals surface area contributed by atoms with Gasteiger partial charge in [-0.05, 0) is 50.2 Å². The van der Waals surface area contributed by atoms with Crippen LogP contribution in [0.4, 0.5) is 13.2 Å². The summed E-state index contributed by atoms with van der Waals surface area (Å²) in [5.74, 6) is -0.386. The molecule has 3 rings (SSSR count). The van der Waals surface area contributed by atoms with E-state index in [1.54, 1.807) is 48.9 Å². The van der Waals surface area contributed by atoms with Crippen molar-refractivity contribution in [1.82, 2.24) is 15.0 Å². The zero-order chi connectivity index (χ0) is 19.6. The summed E-state index contributed by atoms with van der Waals surface area (Å²) in [7, 11) is 0. The number of hydrogen-bond acceptors (Lipinski definition) is 2. The Balaban J connectivity index is 1.85. The molecule has 0 aliphatic carbocycles. The lowest BCUT2D eigenvalue weighted by atomic mass is 10.2. The maximum atomic E-state index is 13.0. The van der Waals surface area contributed by atoms with Crippen LogP contribution in [-0.4, -0.2) is 21.7 Å². The van der Waals surface area contributed by atoms with E-state index in [0.717, 1.165) is 17.8 Å². The number of hydrazone groups is 1. The topological polar surface area (TPSA) is 62.2 Å². The summed E-state index contributed by atoms with van der Waals surface area (Å²) in [6.45, 7) is 3.57. The van der Waals surface area contributed by atoms with Gasteiger partial charge in [-0.3, -0.25) is 4.79 Å². The van der Waals surface area contributed by atoms with Crippen LogP contribution in [0.1, 0.15) is 33.0 Å². The van der Waals surface area contributed by atoms with Crippen molar-refractivity contribution in [3.05, 3.63) is 76.9 Å². The second-order valence-electron chi connectivity index (χ2n) is 5.99. The molecule has 8 heteroatoms. The van der Waals surface area contributed by atoms with E-state index in [1.807, 2.05) is 0 Å². The number of carbonyl (C=O) groups is 1. The molecule has 140 valence electrons. The lowest BCUT2D eigenvalue weighted by Crippen LogP contribution is -2.17. The zero-order valence-electron chi connectivity index (χ0n) is 14.6. The molecule has 0 unspecified atom stereocenters. The number of nitrogens with one attached hydrogen (secondary N) is 2. The van der Waals surface area contributed by atoms with Gasteiger partial charge in [0.25, 0.3) is 5.91 Å². The molecule has 1 aromatic carbocycles. The second kappa shape index (κ2) is 7.14. The van der Waals surface area contributed by atoms with Gasteiger partial charge in [-0.25, -0.2) is 5.43 Å². The number of rotatable bonds is 4. The third kappa shape index (κ3) is 3.94. The number of aromatic nitrogens is 2. The molecule has 0 saturated carbocycles. The molecule has 27 heavy (non-hydrogen) atoms. The van der Waals surface area contributed by atoms with E-state index in [2.05, 4.69) is 15.5 Å². The lowest BCUT2D eigenvalue weighted by Gasteiger charge is -2.13. The van der Waals surface area contributed by atoms with Crippen LogP contribution in [0.2, 0.25) is 0 Å². The number of halogens is 3. The Hall–Kier alpha value is -3.29. The van der Waals surface area contributed by atoms with E-state index in [-0.39, 0.29) is 5.91 Å². The van der Waals surface area contributed by atoms with Crippen molar-refractivity contribution < 1.29 is 18.0 Å². The van der Waals surface area contributed by atoms with Gasteiger partial charge in [0, 0.05) is 28.8 Å². The first-order valence-corrected chi connectivity index (χ1v) is 8.11. The summed E-state index contributed by atoms with van der Waals surface area (Å²) in [6, 6.07) is 10.2. The molecule has 0 bridgehead atoms. The summed E-state index contributed by atoms with van der Waals surface area (Å²) in [5, 5.41) is 3.93. The largest absolute Gasteiger partial charge is 0.416 e. The maximum Gasteiger partial charge on any atom is 0.416 e. The molecule has 0 aliphatic rings. The van der Waals surface area contributed by atoms with Gasteiger partial charge >= 0.3 is 6.18 Å². The van der Waals surface area contributed by atoms with Gasteiger partial charge in [0.05, 0.1) is 11.8 Å². The average molecular weight is 374 g/mol. The number of hydrogen-bond donors (Lipinski definition) is 2. The van der Waals surface area contributed by atoms with Gasteiger partial charge in [0.2, 0.25) is 0 Å². The SMILES string of the molecule is Cc1cc(/C=N\NC(=O)c2ccc[nH]2)c(C)n1-c1cccc(C(F)(F)F)c1. The van der Waals surface area contributed by atoms with E-state index in [0.29, 0.717) is 22.6 Å². The number of aryl methyl sites for hydroxylation is 1. The van der Waals surface area contributed by atoms with Crippen LogP contribution in [-0.2, 0) is 6.18 Å². The van der Waals surface area contributed by atoms with Gasteiger partial charge in [-0.2, -0.15) is 18.3 Å². The highest BCUT2D eigenvalue weighted by molar-refractivity contribution is 5.93. The Morgan fingerprint density at radius 3 is 2.63 bits per heavy atom. The number of amides is 1. The van der Waals surface area contributed by atoms with Crippen LogP contribution in [0.15, 0.2) is 53.8 Å². The molecular formula is C19H17F3N4O. The van der Waals surface area contributed by atoms with Crippen molar-refractivity contribution in [3.63, 3.8) is 0 Å². The summed E-state index contributed by atoms with van der Waals surface area (Å²) in [5.41, 5.74) is 4.64. The zero-order valence-corrected chi connectivity index (χ0v) is 14.6. The fourth-order valence-electron chi connectivity index (χ4n) is 2.83. The molecule has 5 nitrogen and oxygen atoms in total. The van der Waals surface area contributed by atoms with Gasteiger partial charge in [0.1, 0.15) is 5.69 Å². The molecule has 0 atom stereocenters. The minimum atomic E-state index is -4.41. The first-order chi connectivity index (χ1) is 12.8. The van der Waals surface area contributed by atoms with Crippen LogP contribution >= 0.6 is 0 Å².